The van der Waals surface area contributed by atoms with Crippen LogP contribution in [0, 0.1) is 16.0 Å². The van der Waals surface area contributed by atoms with Gasteiger partial charge in [-0.1, -0.05) is 54.6 Å². The van der Waals surface area contributed by atoms with E-state index in [9.17, 15) is 24.5 Å². The van der Waals surface area contributed by atoms with Crippen LogP contribution in [0.5, 0.6) is 5.75 Å². The number of nitrogens with zero attached hydrogens (tertiary/aromatic N) is 5. The molecule has 2 aliphatic rings. The predicted molar refractivity (Wildman–Crippen MR) is 175 cm³/mol. The van der Waals surface area contributed by atoms with Crippen molar-refractivity contribution in [1.29, 1.82) is 0 Å². The topological polar surface area (TPSA) is 135 Å². The van der Waals surface area contributed by atoms with Gasteiger partial charge in [0.05, 0.1) is 25.2 Å². The summed E-state index contributed by atoms with van der Waals surface area (Å²) >= 11 is 0. The number of rotatable bonds is 12. The molecule has 2 unspecified atom stereocenters. The quantitative estimate of drug-likeness (QED) is 0.114. The summed E-state index contributed by atoms with van der Waals surface area (Å²) in [4.78, 5) is 55.9. The molecule has 12 nitrogen and oxygen atoms in total. The number of likely N-dealkylation sites (tertiary alicyclic amines) is 1. The molecule has 0 saturated carbocycles. The average Bonchev–Trinajstić information content (AvgIpc) is 3.10. The molecule has 1 fully saturated rings. The fraction of sp³-hybridized carbons (Fsp3) is 0.371. The molecule has 3 amide bonds. The molecule has 0 aliphatic carbocycles. The van der Waals surface area contributed by atoms with Crippen molar-refractivity contribution in [3.63, 3.8) is 0 Å². The van der Waals surface area contributed by atoms with E-state index < -0.39 is 28.9 Å². The summed E-state index contributed by atoms with van der Waals surface area (Å²) in [5.74, 6) is -0.825. The predicted octanol–water partition coefficient (Wildman–Crippen LogP) is 5.18. The molecule has 246 valence electrons. The number of benzene rings is 3. The van der Waals surface area contributed by atoms with Gasteiger partial charge in [0, 0.05) is 29.8 Å². The van der Waals surface area contributed by atoms with E-state index in [2.05, 4.69) is 46.3 Å². The van der Waals surface area contributed by atoms with Crippen LogP contribution in [0.4, 0.5) is 10.5 Å². The fourth-order valence-electron chi connectivity index (χ4n) is 6.82. The number of carbonyl (C=O) groups is 3. The normalized spacial score (nSPS) is 19.4. The third-order valence-corrected chi connectivity index (χ3v) is 9.34. The van der Waals surface area contributed by atoms with E-state index in [-0.39, 0.29) is 23.4 Å². The molecule has 0 radical (unpaired) electrons. The summed E-state index contributed by atoms with van der Waals surface area (Å²) in [7, 11) is 2.90. The SMILES string of the molecule is COC(=O)C1C(C)=NC(=O)N(N(C=O)CCCN2CCC(c3ccccc3)(c3ccc(OC)cc3)CC2)C1c1ccc([N+](=O)[O-])cc1. The molecular weight excluding hydrogens is 602 g/mol. The van der Waals surface area contributed by atoms with Gasteiger partial charge < -0.3 is 14.4 Å². The maximum absolute atomic E-state index is 13.3. The molecule has 0 spiro atoms. The number of aliphatic imine (C=N–C) groups is 1. The number of urea groups is 1. The van der Waals surface area contributed by atoms with Gasteiger partial charge in [-0.2, -0.15) is 0 Å². The lowest BCUT2D eigenvalue weighted by atomic mass is 9.68. The van der Waals surface area contributed by atoms with Gasteiger partial charge in [0.1, 0.15) is 11.7 Å². The molecule has 3 aromatic carbocycles. The molecule has 12 heteroatoms. The maximum atomic E-state index is 13.3. The van der Waals surface area contributed by atoms with Crippen LogP contribution in [0.2, 0.25) is 0 Å². The number of nitro groups is 1. The largest absolute Gasteiger partial charge is 0.497 e. The molecule has 3 aromatic rings. The van der Waals surface area contributed by atoms with E-state index in [1.807, 2.05) is 18.2 Å². The molecule has 0 N–H and O–H groups in total. The summed E-state index contributed by atoms with van der Waals surface area (Å²) in [5, 5.41) is 13.7. The maximum Gasteiger partial charge on any atom is 0.362 e. The number of amides is 3. The lowest BCUT2D eigenvalue weighted by molar-refractivity contribution is -0.384. The van der Waals surface area contributed by atoms with Crippen molar-refractivity contribution in [3.05, 3.63) is 106 Å². The number of non-ortho nitro benzene ring substituents is 1. The molecule has 0 bridgehead atoms. The highest BCUT2D eigenvalue weighted by molar-refractivity contribution is 6.08. The third-order valence-electron chi connectivity index (χ3n) is 9.34. The van der Waals surface area contributed by atoms with Gasteiger partial charge in [0.2, 0.25) is 6.41 Å². The summed E-state index contributed by atoms with van der Waals surface area (Å²) < 4.78 is 10.4. The Morgan fingerprint density at radius 1 is 1.02 bits per heavy atom. The Morgan fingerprint density at radius 2 is 1.66 bits per heavy atom. The Morgan fingerprint density at radius 3 is 2.23 bits per heavy atom. The monoisotopic (exact) mass is 641 g/mol. The van der Waals surface area contributed by atoms with Gasteiger partial charge in [-0.15, -0.1) is 0 Å². The first-order valence-corrected chi connectivity index (χ1v) is 15.6. The van der Waals surface area contributed by atoms with Crippen molar-refractivity contribution in [2.45, 2.75) is 37.6 Å². The van der Waals surface area contributed by atoms with Gasteiger partial charge in [0.15, 0.2) is 0 Å². The van der Waals surface area contributed by atoms with Crippen LogP contribution in [0.15, 0.2) is 83.9 Å². The minimum absolute atomic E-state index is 0.139. The van der Waals surface area contributed by atoms with E-state index in [1.165, 1.54) is 52.5 Å². The van der Waals surface area contributed by atoms with Crippen LogP contribution in [0.1, 0.15) is 48.9 Å². The zero-order chi connectivity index (χ0) is 33.6. The summed E-state index contributed by atoms with van der Waals surface area (Å²) in [6, 6.07) is 22.7. The van der Waals surface area contributed by atoms with Gasteiger partial charge in [-0.05, 0) is 74.6 Å². The van der Waals surface area contributed by atoms with Crippen molar-refractivity contribution in [2.75, 3.05) is 40.4 Å². The van der Waals surface area contributed by atoms with Crippen molar-refractivity contribution >= 4 is 29.8 Å². The number of methoxy groups -OCH3 is 2. The molecule has 5 rings (SSSR count). The second-order valence-electron chi connectivity index (χ2n) is 11.8. The average molecular weight is 642 g/mol. The summed E-state index contributed by atoms with van der Waals surface area (Å²) in [6.45, 7) is 4.11. The number of nitro benzene ring substituents is 1. The minimum Gasteiger partial charge on any atom is -0.497 e. The highest BCUT2D eigenvalue weighted by Gasteiger charge is 2.45. The Balaban J connectivity index is 1.31. The number of carbonyl (C=O) groups excluding carboxylic acids is 3. The lowest BCUT2D eigenvalue weighted by Gasteiger charge is -2.44. The zero-order valence-corrected chi connectivity index (χ0v) is 26.8. The number of hydrazine groups is 1. The number of piperidine rings is 1. The molecule has 2 heterocycles. The van der Waals surface area contributed by atoms with E-state index in [1.54, 1.807) is 14.0 Å². The van der Waals surface area contributed by atoms with Crippen LogP contribution in [0.25, 0.3) is 0 Å². The molecule has 2 atom stereocenters. The molecule has 0 aromatic heterocycles. The number of ether oxygens (including phenoxy) is 2. The summed E-state index contributed by atoms with van der Waals surface area (Å²) in [6.07, 6.45) is 2.92. The lowest BCUT2D eigenvalue weighted by Crippen LogP contribution is -2.54. The van der Waals surface area contributed by atoms with Crippen LogP contribution < -0.4 is 4.74 Å². The smallest absolute Gasteiger partial charge is 0.362 e. The molecular formula is C35H39N5O7. The van der Waals surface area contributed by atoms with Crippen LogP contribution in [-0.2, 0) is 19.7 Å². The van der Waals surface area contributed by atoms with Crippen molar-refractivity contribution in [1.82, 2.24) is 14.9 Å². The number of hydrogen-bond acceptors (Lipinski definition) is 8. The van der Waals surface area contributed by atoms with Crippen LogP contribution >= 0.6 is 0 Å². The Hall–Kier alpha value is -5.10. The number of esters is 1. The van der Waals surface area contributed by atoms with Gasteiger partial charge in [0.25, 0.3) is 5.69 Å². The first-order chi connectivity index (χ1) is 22.7. The Kier molecular flexibility index (Phi) is 10.3. The van der Waals surface area contributed by atoms with Crippen LogP contribution in [-0.4, -0.2) is 84.4 Å². The summed E-state index contributed by atoms with van der Waals surface area (Å²) in [5.41, 5.74) is 2.91. The first kappa shape index (κ1) is 33.3. The van der Waals surface area contributed by atoms with E-state index >= 15 is 0 Å². The molecule has 47 heavy (non-hydrogen) atoms. The van der Waals surface area contributed by atoms with Gasteiger partial charge in [-0.25, -0.2) is 14.8 Å². The standard InChI is InChI=1S/C35H39N5O7/c1-25-31(33(42)47-3)32(26-10-14-29(15-11-26)40(44)45)39(34(43)36-25)38(24-41)21-7-20-37-22-18-35(19-23-37,27-8-5-4-6-9-27)28-12-16-30(46-2)17-13-28/h4-6,8-17,24,31-32H,7,18-23H2,1-3H3. The van der Waals surface area contributed by atoms with E-state index in [0.29, 0.717) is 24.9 Å². The highest BCUT2D eigenvalue weighted by atomic mass is 16.6. The zero-order valence-electron chi connectivity index (χ0n) is 26.8. The molecule has 1 saturated heterocycles. The third kappa shape index (κ3) is 6.87. The number of hydrogen-bond donors (Lipinski definition) is 0. The van der Waals surface area contributed by atoms with E-state index in [0.717, 1.165) is 31.7 Å². The second kappa shape index (κ2) is 14.5. The van der Waals surface area contributed by atoms with Crippen LogP contribution in [0.3, 0.4) is 0 Å². The fourth-order valence-corrected chi connectivity index (χ4v) is 6.82. The van der Waals surface area contributed by atoms with Gasteiger partial charge >= 0.3 is 12.0 Å². The minimum atomic E-state index is -1.01. The first-order valence-electron chi connectivity index (χ1n) is 15.6. The second-order valence-corrected chi connectivity index (χ2v) is 11.8. The Labute approximate surface area is 273 Å². The van der Waals surface area contributed by atoms with Crippen molar-refractivity contribution in [2.24, 2.45) is 10.9 Å². The van der Waals surface area contributed by atoms with Crippen molar-refractivity contribution in [3.8, 4) is 5.75 Å². The van der Waals surface area contributed by atoms with E-state index in [4.69, 9.17) is 9.47 Å². The highest BCUT2D eigenvalue weighted by Crippen LogP contribution is 2.42. The Bertz CT molecular complexity index is 1600. The van der Waals surface area contributed by atoms with Gasteiger partial charge in [-0.3, -0.25) is 24.7 Å². The van der Waals surface area contributed by atoms with Crippen molar-refractivity contribution < 1.29 is 28.8 Å². The molecule has 2 aliphatic heterocycles.